The van der Waals surface area contributed by atoms with Crippen LogP contribution >= 0.6 is 0 Å². The average molecular weight is 329 g/mol. The Morgan fingerprint density at radius 3 is 2.46 bits per heavy atom. The average Bonchev–Trinajstić information content (AvgIpc) is 2.64. The summed E-state index contributed by atoms with van der Waals surface area (Å²) in [4.78, 5) is 16.2. The van der Waals surface area contributed by atoms with E-state index in [1.54, 1.807) is 19.4 Å². The predicted octanol–water partition coefficient (Wildman–Crippen LogP) is 2.72. The molecule has 0 atom stereocenters. The van der Waals surface area contributed by atoms with Crippen molar-refractivity contribution in [1.82, 2.24) is 10.3 Å². The van der Waals surface area contributed by atoms with E-state index in [4.69, 9.17) is 9.47 Å². The number of pyridine rings is 1. The molecule has 1 amide bonds. The number of rotatable bonds is 9. The number of amides is 1. The van der Waals surface area contributed by atoms with E-state index in [2.05, 4.69) is 22.5 Å². The zero-order valence-corrected chi connectivity index (χ0v) is 14.0. The minimum atomic E-state index is -0.213. The topological polar surface area (TPSA) is 72.5 Å². The quantitative estimate of drug-likeness (QED) is 0.692. The van der Waals surface area contributed by atoms with Gasteiger partial charge in [-0.25, -0.2) is 4.98 Å². The molecule has 0 bridgehead atoms. The van der Waals surface area contributed by atoms with Gasteiger partial charge in [-0.3, -0.25) is 4.79 Å². The van der Waals surface area contributed by atoms with E-state index in [9.17, 15) is 4.79 Å². The van der Waals surface area contributed by atoms with Crippen LogP contribution in [0.3, 0.4) is 0 Å². The first-order valence-electron chi connectivity index (χ1n) is 7.98. The van der Waals surface area contributed by atoms with Gasteiger partial charge in [0.15, 0.2) is 0 Å². The van der Waals surface area contributed by atoms with Gasteiger partial charge in [0.2, 0.25) is 0 Å². The van der Waals surface area contributed by atoms with Crippen molar-refractivity contribution in [3.05, 3.63) is 48.3 Å². The third-order valence-corrected chi connectivity index (χ3v) is 3.29. The molecule has 2 rings (SSSR count). The van der Waals surface area contributed by atoms with Crippen LogP contribution in [0.2, 0.25) is 0 Å². The Labute approximate surface area is 142 Å². The molecule has 0 saturated carbocycles. The molecule has 0 aliphatic carbocycles. The second kappa shape index (κ2) is 9.39. The summed E-state index contributed by atoms with van der Waals surface area (Å²) in [6, 6.07) is 10.9. The molecule has 128 valence electrons. The molecule has 0 fully saturated rings. The molecule has 0 saturated heterocycles. The molecule has 1 aromatic carbocycles. The molecule has 1 heterocycles. The molecule has 6 heteroatoms. The van der Waals surface area contributed by atoms with Crippen molar-refractivity contribution < 1.29 is 14.3 Å². The normalized spacial score (nSPS) is 10.1. The number of nitrogens with one attached hydrogen (secondary N) is 2. The van der Waals surface area contributed by atoms with Crippen molar-refractivity contribution in [3.8, 4) is 11.5 Å². The second-order valence-electron chi connectivity index (χ2n) is 5.14. The summed E-state index contributed by atoms with van der Waals surface area (Å²) < 4.78 is 10.6. The summed E-state index contributed by atoms with van der Waals surface area (Å²) in [5.41, 5.74) is 1.30. The number of carbonyl (C=O) groups excluding carboxylic acids is 1. The molecule has 6 nitrogen and oxygen atoms in total. The fourth-order valence-corrected chi connectivity index (χ4v) is 2.00. The molecule has 0 aliphatic heterocycles. The number of aromatic nitrogens is 1. The van der Waals surface area contributed by atoms with Gasteiger partial charge in [0.05, 0.1) is 25.5 Å². The minimum Gasteiger partial charge on any atom is -0.497 e. The molecular formula is C18H23N3O3. The zero-order valence-electron chi connectivity index (χ0n) is 14.0. The molecule has 2 aromatic rings. The number of anilines is 1. The Bertz CT molecular complexity index is 627. The summed E-state index contributed by atoms with van der Waals surface area (Å²) in [6.07, 6.45) is 2.70. The fourth-order valence-electron chi connectivity index (χ4n) is 2.00. The summed E-state index contributed by atoms with van der Waals surface area (Å²) in [5.74, 6) is 1.29. The highest BCUT2D eigenvalue weighted by Crippen LogP contribution is 2.16. The Balaban J connectivity index is 1.72. The van der Waals surface area contributed by atoms with Gasteiger partial charge in [-0.2, -0.15) is 0 Å². The van der Waals surface area contributed by atoms with Gasteiger partial charge in [0.25, 0.3) is 5.91 Å². The Kier molecular flexibility index (Phi) is 6.89. The number of benzene rings is 1. The maximum atomic E-state index is 12.0. The van der Waals surface area contributed by atoms with Crippen LogP contribution in [0, 0.1) is 0 Å². The molecule has 24 heavy (non-hydrogen) atoms. The van der Waals surface area contributed by atoms with Crippen LogP contribution in [0.1, 0.15) is 23.8 Å². The van der Waals surface area contributed by atoms with Crippen LogP contribution in [0.25, 0.3) is 0 Å². The Morgan fingerprint density at radius 1 is 1.08 bits per heavy atom. The third-order valence-electron chi connectivity index (χ3n) is 3.29. The first-order chi connectivity index (χ1) is 11.7. The van der Waals surface area contributed by atoms with Gasteiger partial charge in [0, 0.05) is 6.54 Å². The Morgan fingerprint density at radius 2 is 1.83 bits per heavy atom. The van der Waals surface area contributed by atoms with E-state index in [-0.39, 0.29) is 5.91 Å². The van der Waals surface area contributed by atoms with E-state index in [1.807, 2.05) is 30.3 Å². The molecule has 0 unspecified atom stereocenters. The van der Waals surface area contributed by atoms with Crippen LogP contribution in [-0.4, -0.2) is 37.7 Å². The number of carbonyl (C=O) groups is 1. The monoisotopic (exact) mass is 329 g/mol. The molecule has 0 aliphatic rings. The summed E-state index contributed by atoms with van der Waals surface area (Å²) >= 11 is 0. The summed E-state index contributed by atoms with van der Waals surface area (Å²) in [6.45, 7) is 3.77. The van der Waals surface area contributed by atoms with Gasteiger partial charge >= 0.3 is 0 Å². The van der Waals surface area contributed by atoms with Crippen molar-refractivity contribution in [3.63, 3.8) is 0 Å². The van der Waals surface area contributed by atoms with Gasteiger partial charge in [-0.05, 0) is 42.8 Å². The smallest absolute Gasteiger partial charge is 0.269 e. The number of nitrogens with zero attached hydrogens (tertiary/aromatic N) is 1. The summed E-state index contributed by atoms with van der Waals surface area (Å²) in [7, 11) is 1.62. The lowest BCUT2D eigenvalue weighted by molar-refractivity contribution is 0.0942. The van der Waals surface area contributed by atoms with Gasteiger partial charge in [0.1, 0.15) is 23.8 Å². The van der Waals surface area contributed by atoms with Crippen LogP contribution in [0.15, 0.2) is 42.6 Å². The highest BCUT2D eigenvalue weighted by molar-refractivity contribution is 5.92. The van der Waals surface area contributed by atoms with E-state index < -0.39 is 0 Å². The Hall–Kier alpha value is -2.76. The first kappa shape index (κ1) is 17.6. The maximum absolute atomic E-state index is 12.0. The van der Waals surface area contributed by atoms with Gasteiger partial charge in [-0.15, -0.1) is 0 Å². The maximum Gasteiger partial charge on any atom is 0.269 e. The van der Waals surface area contributed by atoms with E-state index >= 15 is 0 Å². The van der Waals surface area contributed by atoms with Crippen molar-refractivity contribution in [2.24, 2.45) is 0 Å². The fraction of sp³-hybridized carbons (Fsp3) is 0.333. The van der Waals surface area contributed by atoms with Crippen molar-refractivity contribution >= 4 is 11.6 Å². The predicted molar refractivity (Wildman–Crippen MR) is 93.8 cm³/mol. The molecular weight excluding hydrogens is 306 g/mol. The number of hydrogen-bond donors (Lipinski definition) is 2. The van der Waals surface area contributed by atoms with Gasteiger partial charge < -0.3 is 20.1 Å². The van der Waals surface area contributed by atoms with E-state index in [0.29, 0.717) is 18.8 Å². The van der Waals surface area contributed by atoms with Crippen LogP contribution in [0.4, 0.5) is 5.69 Å². The van der Waals surface area contributed by atoms with Crippen molar-refractivity contribution in [1.29, 1.82) is 0 Å². The van der Waals surface area contributed by atoms with Crippen molar-refractivity contribution in [2.75, 3.05) is 32.1 Å². The molecule has 0 radical (unpaired) electrons. The van der Waals surface area contributed by atoms with E-state index in [1.165, 1.54) is 0 Å². The number of methoxy groups -OCH3 is 1. The van der Waals surface area contributed by atoms with Crippen molar-refractivity contribution in [2.45, 2.75) is 13.3 Å². The lowest BCUT2D eigenvalue weighted by atomic mass is 10.3. The zero-order chi connectivity index (χ0) is 17.2. The SMILES string of the molecule is CCCNc1ccc(C(=O)NCCOc2ccc(OC)cc2)nc1. The number of hydrogen-bond acceptors (Lipinski definition) is 5. The lowest BCUT2D eigenvalue weighted by Gasteiger charge is -2.09. The number of ether oxygens (including phenoxy) is 2. The van der Waals surface area contributed by atoms with Crippen LogP contribution < -0.4 is 20.1 Å². The minimum absolute atomic E-state index is 0.213. The second-order valence-corrected chi connectivity index (χ2v) is 5.14. The largest absolute Gasteiger partial charge is 0.497 e. The molecule has 2 N–H and O–H groups in total. The third kappa shape index (κ3) is 5.46. The molecule has 1 aromatic heterocycles. The van der Waals surface area contributed by atoms with E-state index in [0.717, 1.165) is 30.2 Å². The highest BCUT2D eigenvalue weighted by Gasteiger charge is 2.06. The van der Waals surface area contributed by atoms with Crippen LogP contribution in [0.5, 0.6) is 11.5 Å². The molecule has 0 spiro atoms. The highest BCUT2D eigenvalue weighted by atomic mass is 16.5. The van der Waals surface area contributed by atoms with Gasteiger partial charge in [-0.1, -0.05) is 6.92 Å². The standard InChI is InChI=1S/C18H23N3O3/c1-3-10-19-14-4-9-17(21-13-14)18(22)20-11-12-24-16-7-5-15(23-2)6-8-16/h4-9,13,19H,3,10-12H2,1-2H3,(H,20,22). The lowest BCUT2D eigenvalue weighted by Crippen LogP contribution is -2.28. The summed E-state index contributed by atoms with van der Waals surface area (Å²) in [5, 5.41) is 6.00. The first-order valence-corrected chi connectivity index (χ1v) is 7.98. The van der Waals surface area contributed by atoms with Crippen LogP contribution in [-0.2, 0) is 0 Å².